The number of carbonyl (C=O) groups is 1. The fourth-order valence-corrected chi connectivity index (χ4v) is 1.93. The van der Waals surface area contributed by atoms with Gasteiger partial charge in [-0.3, -0.25) is 0 Å². The maximum absolute atomic E-state index is 11.2. The molecule has 0 amide bonds. The fourth-order valence-electron chi connectivity index (χ4n) is 1.93. The van der Waals surface area contributed by atoms with Crippen LogP contribution >= 0.6 is 0 Å². The second-order valence-electron chi connectivity index (χ2n) is 5.20. The number of amidine groups is 1. The zero-order chi connectivity index (χ0) is 16.3. The topological polar surface area (TPSA) is 114 Å². The van der Waals surface area contributed by atoms with E-state index in [4.69, 9.17) is 21.5 Å². The predicted octanol–water partition coefficient (Wildman–Crippen LogP) is 1.63. The SMILES string of the molecule is CC(C)(O/C(=N/N)N(N)c1cccc2ccccc12)C(=O)O. The molecule has 0 atom stereocenters. The Morgan fingerprint density at radius 3 is 2.50 bits per heavy atom. The van der Waals surface area contributed by atoms with Crippen molar-refractivity contribution in [2.24, 2.45) is 16.8 Å². The molecule has 7 heteroatoms. The molecule has 0 bridgehead atoms. The Morgan fingerprint density at radius 1 is 1.23 bits per heavy atom. The van der Waals surface area contributed by atoms with E-state index in [1.165, 1.54) is 13.8 Å². The maximum Gasteiger partial charge on any atom is 0.347 e. The number of benzene rings is 2. The van der Waals surface area contributed by atoms with Gasteiger partial charge in [0.05, 0.1) is 5.69 Å². The fraction of sp³-hybridized carbons (Fsp3) is 0.200. The molecule has 0 radical (unpaired) electrons. The minimum atomic E-state index is -1.51. The lowest BCUT2D eigenvalue weighted by Gasteiger charge is -2.27. The minimum Gasteiger partial charge on any atom is -0.478 e. The quantitative estimate of drug-likeness (QED) is 0.343. The van der Waals surface area contributed by atoms with Crippen molar-refractivity contribution in [2.75, 3.05) is 5.01 Å². The van der Waals surface area contributed by atoms with Crippen molar-refractivity contribution < 1.29 is 14.6 Å². The molecule has 0 aromatic heterocycles. The first-order valence-electron chi connectivity index (χ1n) is 6.59. The van der Waals surface area contributed by atoms with Crippen molar-refractivity contribution in [1.29, 1.82) is 0 Å². The number of hydrazine groups is 1. The monoisotopic (exact) mass is 302 g/mol. The number of hydrogen-bond acceptors (Lipinski definition) is 5. The van der Waals surface area contributed by atoms with Crippen LogP contribution in [0.2, 0.25) is 0 Å². The van der Waals surface area contributed by atoms with Gasteiger partial charge in [0.1, 0.15) is 0 Å². The van der Waals surface area contributed by atoms with Crippen LogP contribution in [0.25, 0.3) is 10.8 Å². The molecule has 0 spiro atoms. The van der Waals surface area contributed by atoms with Crippen LogP contribution in [0.15, 0.2) is 47.6 Å². The van der Waals surface area contributed by atoms with Gasteiger partial charge in [-0.1, -0.05) is 36.4 Å². The highest BCUT2D eigenvalue weighted by molar-refractivity contribution is 6.02. The molecule has 116 valence electrons. The summed E-state index contributed by atoms with van der Waals surface area (Å²) >= 11 is 0. The number of nitrogens with two attached hydrogens (primary N) is 2. The lowest BCUT2D eigenvalue weighted by molar-refractivity contribution is -0.153. The summed E-state index contributed by atoms with van der Waals surface area (Å²) in [5, 5.41) is 15.6. The molecule has 5 N–H and O–H groups in total. The van der Waals surface area contributed by atoms with Crippen LogP contribution in [0.3, 0.4) is 0 Å². The van der Waals surface area contributed by atoms with Gasteiger partial charge in [-0.25, -0.2) is 15.6 Å². The van der Waals surface area contributed by atoms with E-state index in [1.807, 2.05) is 36.4 Å². The van der Waals surface area contributed by atoms with Gasteiger partial charge in [-0.05, 0) is 25.3 Å². The number of rotatable bonds is 3. The Morgan fingerprint density at radius 2 is 1.86 bits per heavy atom. The maximum atomic E-state index is 11.2. The summed E-state index contributed by atoms with van der Waals surface area (Å²) in [6.07, 6.45) is 0. The Kier molecular flexibility index (Phi) is 4.18. The molecule has 2 aromatic rings. The Balaban J connectivity index is 2.40. The number of nitrogens with zero attached hydrogens (tertiary/aromatic N) is 2. The molecular formula is C15H18N4O3. The minimum absolute atomic E-state index is 0.191. The van der Waals surface area contributed by atoms with Crippen molar-refractivity contribution in [3.05, 3.63) is 42.5 Å². The van der Waals surface area contributed by atoms with Crippen LogP contribution in [0.4, 0.5) is 5.69 Å². The highest BCUT2D eigenvalue weighted by atomic mass is 16.5. The largest absolute Gasteiger partial charge is 0.478 e. The summed E-state index contributed by atoms with van der Waals surface area (Å²) in [5.74, 6) is 10.2. The van der Waals surface area contributed by atoms with Crippen LogP contribution in [0.5, 0.6) is 0 Å². The van der Waals surface area contributed by atoms with Gasteiger partial charge in [-0.15, -0.1) is 5.10 Å². The van der Waals surface area contributed by atoms with Crippen molar-refractivity contribution in [3.63, 3.8) is 0 Å². The first-order chi connectivity index (χ1) is 10.4. The van der Waals surface area contributed by atoms with Gasteiger partial charge in [0.2, 0.25) is 5.60 Å². The number of carboxylic acid groups (broad SMARTS) is 1. The van der Waals surface area contributed by atoms with E-state index in [1.54, 1.807) is 6.07 Å². The van der Waals surface area contributed by atoms with Crippen molar-refractivity contribution >= 4 is 28.5 Å². The average molecular weight is 302 g/mol. The molecular weight excluding hydrogens is 284 g/mol. The summed E-state index contributed by atoms with van der Waals surface area (Å²) in [4.78, 5) is 11.2. The zero-order valence-electron chi connectivity index (χ0n) is 12.4. The number of aliphatic carboxylic acids is 1. The lowest BCUT2D eigenvalue weighted by atomic mass is 10.1. The highest BCUT2D eigenvalue weighted by Gasteiger charge is 2.32. The van der Waals surface area contributed by atoms with E-state index >= 15 is 0 Å². The van der Waals surface area contributed by atoms with Gasteiger partial charge in [0, 0.05) is 5.39 Å². The van der Waals surface area contributed by atoms with Gasteiger partial charge in [0.25, 0.3) is 0 Å². The number of hydrazone groups is 1. The third-order valence-electron chi connectivity index (χ3n) is 3.20. The van der Waals surface area contributed by atoms with E-state index in [9.17, 15) is 4.79 Å². The molecule has 0 aliphatic rings. The molecule has 0 fully saturated rings. The second kappa shape index (κ2) is 5.90. The van der Waals surface area contributed by atoms with Crippen molar-refractivity contribution in [3.8, 4) is 0 Å². The molecule has 0 aliphatic heterocycles. The van der Waals surface area contributed by atoms with E-state index < -0.39 is 11.6 Å². The summed E-state index contributed by atoms with van der Waals surface area (Å²) in [6, 6.07) is 13.0. The van der Waals surface area contributed by atoms with E-state index in [0.29, 0.717) is 5.69 Å². The van der Waals surface area contributed by atoms with Gasteiger partial charge in [0.15, 0.2) is 0 Å². The van der Waals surface area contributed by atoms with Gasteiger partial charge < -0.3 is 15.7 Å². The molecule has 22 heavy (non-hydrogen) atoms. The molecule has 0 saturated heterocycles. The van der Waals surface area contributed by atoms with Crippen molar-refractivity contribution in [1.82, 2.24) is 0 Å². The van der Waals surface area contributed by atoms with E-state index in [2.05, 4.69) is 5.10 Å². The zero-order valence-corrected chi connectivity index (χ0v) is 12.4. The smallest absolute Gasteiger partial charge is 0.347 e. The van der Waals surface area contributed by atoms with Crippen LogP contribution in [0.1, 0.15) is 13.8 Å². The molecule has 0 unspecified atom stereocenters. The number of hydrogen-bond donors (Lipinski definition) is 3. The summed E-state index contributed by atoms with van der Waals surface area (Å²) in [7, 11) is 0. The first-order valence-corrected chi connectivity index (χ1v) is 6.59. The third kappa shape index (κ3) is 2.94. The number of ether oxygens (including phenoxy) is 1. The summed E-state index contributed by atoms with van der Waals surface area (Å²) in [6.45, 7) is 2.77. The van der Waals surface area contributed by atoms with Crippen LogP contribution < -0.4 is 16.7 Å². The first kappa shape index (κ1) is 15.6. The standard InChI is InChI=1S/C15H18N4O3/c1-15(2,13(20)21)22-14(18-16)19(17)12-9-5-7-10-6-3-4-8-11(10)12/h3-9H,16-17H2,1-2H3,(H,20,21)/b18-14+. The molecule has 0 aliphatic carbocycles. The van der Waals surface area contributed by atoms with Crippen LogP contribution in [0, 0.1) is 0 Å². The predicted molar refractivity (Wildman–Crippen MR) is 85.0 cm³/mol. The lowest BCUT2D eigenvalue weighted by Crippen LogP contribution is -2.47. The van der Waals surface area contributed by atoms with Crippen LogP contribution in [-0.2, 0) is 9.53 Å². The Bertz CT molecular complexity index is 722. The third-order valence-corrected chi connectivity index (χ3v) is 3.20. The average Bonchev–Trinajstić information content (AvgIpc) is 2.51. The van der Waals surface area contributed by atoms with Crippen LogP contribution in [-0.4, -0.2) is 22.7 Å². The van der Waals surface area contributed by atoms with Gasteiger partial charge >= 0.3 is 12.0 Å². The second-order valence-corrected chi connectivity index (χ2v) is 5.20. The van der Waals surface area contributed by atoms with E-state index in [-0.39, 0.29) is 6.02 Å². The molecule has 0 heterocycles. The van der Waals surface area contributed by atoms with E-state index in [0.717, 1.165) is 15.8 Å². The summed E-state index contributed by atoms with van der Waals surface area (Å²) < 4.78 is 5.34. The molecule has 0 saturated carbocycles. The summed E-state index contributed by atoms with van der Waals surface area (Å²) in [5.41, 5.74) is -0.913. The molecule has 2 rings (SSSR count). The Labute approximate surface area is 127 Å². The normalized spacial score (nSPS) is 12.2. The Hall–Kier alpha value is -2.80. The highest BCUT2D eigenvalue weighted by Crippen LogP contribution is 2.26. The number of fused-ring (bicyclic) bond motifs is 1. The van der Waals surface area contributed by atoms with Crippen molar-refractivity contribution in [2.45, 2.75) is 19.4 Å². The van der Waals surface area contributed by atoms with Gasteiger partial charge in [-0.2, -0.15) is 0 Å². The molecule has 2 aromatic carbocycles. The molecule has 7 nitrogen and oxygen atoms in total. The number of carboxylic acids is 1. The number of anilines is 1.